The van der Waals surface area contributed by atoms with E-state index in [9.17, 15) is 0 Å². The van der Waals surface area contributed by atoms with E-state index in [0.29, 0.717) is 11.8 Å². The average molecular weight is 1010 g/mol. The van der Waals surface area contributed by atoms with Crippen molar-refractivity contribution in [2.75, 3.05) is 9.80 Å². The van der Waals surface area contributed by atoms with Gasteiger partial charge in [-0.15, -0.1) is 11.3 Å². The third-order valence-corrected chi connectivity index (χ3v) is 18.9. The normalized spacial score (nSPS) is 15.4. The fraction of sp³-hybridized carbons (Fsp3) is 0.278. The fourth-order valence-electron chi connectivity index (χ4n) is 13.5. The SMILES string of the molecule is CC(C)(C)c1ccc(N(c2ccc(C3CCCCC3)cc2)c2ccc3c(c2)sc2cc4cc5c(cc4cc23)c2cccc3c4ccc(N(c6ccc(C7CCCCC7)cc6)c6ccc(C(C)(C)C)cc6)cc4n5c32)cc1. The molecular weight excluding hydrogens is 939 g/mol. The second-order valence-electron chi connectivity index (χ2n) is 24.7. The molecule has 0 atom stereocenters. The highest BCUT2D eigenvalue weighted by molar-refractivity contribution is 7.26. The Morgan fingerprint density at radius 2 is 0.789 bits per heavy atom. The molecule has 3 heterocycles. The van der Waals surface area contributed by atoms with Crippen LogP contribution in [0.5, 0.6) is 0 Å². The molecular formula is C72H69N3S. The van der Waals surface area contributed by atoms with Crippen LogP contribution in [0.15, 0.2) is 176 Å². The smallest absolute Gasteiger partial charge is 0.0620 e. The molecule has 12 aromatic rings. The maximum Gasteiger partial charge on any atom is 0.0620 e. The molecule has 0 N–H and O–H groups in total. The lowest BCUT2D eigenvalue weighted by atomic mass is 9.84. The van der Waals surface area contributed by atoms with Crippen molar-refractivity contribution in [1.82, 2.24) is 4.40 Å². The van der Waals surface area contributed by atoms with Gasteiger partial charge in [0.15, 0.2) is 0 Å². The fourth-order valence-corrected chi connectivity index (χ4v) is 14.7. The highest BCUT2D eigenvalue weighted by Crippen LogP contribution is 2.47. The van der Waals surface area contributed by atoms with Gasteiger partial charge >= 0.3 is 0 Å². The Bertz CT molecular complexity index is 4110. The molecule has 3 nitrogen and oxygen atoms in total. The number of para-hydroxylation sites is 1. The lowest BCUT2D eigenvalue weighted by Crippen LogP contribution is -2.13. The van der Waals surface area contributed by atoms with E-state index >= 15 is 0 Å². The van der Waals surface area contributed by atoms with Crippen LogP contribution >= 0.6 is 11.3 Å². The van der Waals surface area contributed by atoms with Gasteiger partial charge in [0.1, 0.15) is 0 Å². The van der Waals surface area contributed by atoms with Crippen LogP contribution in [0, 0.1) is 0 Å². The highest BCUT2D eigenvalue weighted by Gasteiger charge is 2.25. The maximum atomic E-state index is 2.57. The maximum absolute atomic E-state index is 2.57. The van der Waals surface area contributed by atoms with E-state index in [1.54, 1.807) is 0 Å². The number of aromatic nitrogens is 1. The summed E-state index contributed by atoms with van der Waals surface area (Å²) in [6.07, 6.45) is 13.3. The largest absolute Gasteiger partial charge is 0.310 e. The molecule has 9 aromatic carbocycles. The minimum atomic E-state index is 0.0740. The Kier molecular flexibility index (Phi) is 11.4. The van der Waals surface area contributed by atoms with Gasteiger partial charge in [-0.05, 0) is 178 Å². The molecule has 378 valence electrons. The number of hydrogen-bond donors (Lipinski definition) is 0. The Hall–Kier alpha value is -7.14. The van der Waals surface area contributed by atoms with Gasteiger partial charge in [-0.3, -0.25) is 0 Å². The van der Waals surface area contributed by atoms with Crippen molar-refractivity contribution in [2.45, 2.75) is 128 Å². The highest BCUT2D eigenvalue weighted by atomic mass is 32.1. The Morgan fingerprint density at radius 1 is 0.368 bits per heavy atom. The van der Waals surface area contributed by atoms with Gasteiger partial charge < -0.3 is 14.2 Å². The van der Waals surface area contributed by atoms with Crippen molar-refractivity contribution in [3.05, 3.63) is 198 Å². The van der Waals surface area contributed by atoms with E-state index in [0.717, 1.165) is 0 Å². The Balaban J connectivity index is 0.881. The molecule has 0 unspecified atom stereocenters. The molecule has 0 bridgehead atoms. The molecule has 2 saturated carbocycles. The molecule has 14 rings (SSSR count). The average Bonchev–Trinajstić information content (AvgIpc) is 4.09. The number of anilines is 6. The number of benzene rings is 9. The van der Waals surface area contributed by atoms with E-state index in [4.69, 9.17) is 0 Å². The minimum Gasteiger partial charge on any atom is -0.310 e. The first-order chi connectivity index (χ1) is 36.9. The zero-order valence-corrected chi connectivity index (χ0v) is 46.0. The number of rotatable bonds is 8. The van der Waals surface area contributed by atoms with Gasteiger partial charge in [-0.25, -0.2) is 0 Å². The summed E-state index contributed by atoms with van der Waals surface area (Å²) in [5.41, 5.74) is 16.7. The molecule has 2 aliphatic carbocycles. The zero-order chi connectivity index (χ0) is 51.5. The molecule has 76 heavy (non-hydrogen) atoms. The summed E-state index contributed by atoms with van der Waals surface area (Å²) in [6.45, 7) is 13.8. The van der Waals surface area contributed by atoms with E-state index < -0.39 is 0 Å². The van der Waals surface area contributed by atoms with E-state index in [2.05, 4.69) is 232 Å². The van der Waals surface area contributed by atoms with Crippen LogP contribution in [0.25, 0.3) is 69.0 Å². The lowest BCUT2D eigenvalue weighted by molar-refractivity contribution is 0.443. The number of fused-ring (bicyclic) bond motifs is 10. The van der Waals surface area contributed by atoms with Gasteiger partial charge in [0, 0.05) is 75.8 Å². The summed E-state index contributed by atoms with van der Waals surface area (Å²) in [5, 5.41) is 10.4. The van der Waals surface area contributed by atoms with Crippen molar-refractivity contribution in [1.29, 1.82) is 0 Å². The van der Waals surface area contributed by atoms with Crippen molar-refractivity contribution in [3.63, 3.8) is 0 Å². The molecule has 0 saturated heterocycles. The Labute approximate surface area is 452 Å². The minimum absolute atomic E-state index is 0.0740. The zero-order valence-electron chi connectivity index (χ0n) is 45.2. The predicted octanol–water partition coefficient (Wildman–Crippen LogP) is 22.0. The summed E-state index contributed by atoms with van der Waals surface area (Å²) in [4.78, 5) is 4.93. The van der Waals surface area contributed by atoms with Crippen LogP contribution in [-0.2, 0) is 10.8 Å². The van der Waals surface area contributed by atoms with Crippen LogP contribution in [0.4, 0.5) is 34.1 Å². The number of hydrogen-bond acceptors (Lipinski definition) is 3. The summed E-state index contributed by atoms with van der Waals surface area (Å²) >= 11 is 1.92. The quantitative estimate of drug-likeness (QED) is 0.150. The second-order valence-corrected chi connectivity index (χ2v) is 25.8. The lowest BCUT2D eigenvalue weighted by Gasteiger charge is -2.28. The summed E-state index contributed by atoms with van der Waals surface area (Å²) in [5.74, 6) is 1.35. The van der Waals surface area contributed by atoms with Crippen molar-refractivity contribution >= 4 is 115 Å². The van der Waals surface area contributed by atoms with Crippen LogP contribution in [0.2, 0.25) is 0 Å². The molecule has 0 amide bonds. The number of thiophene rings is 1. The molecule has 0 radical (unpaired) electrons. The summed E-state index contributed by atoms with van der Waals surface area (Å²) < 4.78 is 5.19. The first-order valence-corrected chi connectivity index (χ1v) is 29.3. The van der Waals surface area contributed by atoms with Crippen molar-refractivity contribution in [3.8, 4) is 0 Å². The molecule has 0 aliphatic heterocycles. The van der Waals surface area contributed by atoms with Crippen LogP contribution in [0.1, 0.15) is 140 Å². The third-order valence-electron chi connectivity index (χ3n) is 17.8. The molecule has 3 aromatic heterocycles. The van der Waals surface area contributed by atoms with Gasteiger partial charge in [-0.2, -0.15) is 0 Å². The van der Waals surface area contributed by atoms with Crippen LogP contribution in [0.3, 0.4) is 0 Å². The monoisotopic (exact) mass is 1010 g/mol. The van der Waals surface area contributed by atoms with E-state index in [1.165, 1.54) is 190 Å². The van der Waals surface area contributed by atoms with Gasteiger partial charge in [0.05, 0.1) is 16.6 Å². The number of nitrogens with zero attached hydrogens (tertiary/aromatic N) is 3. The van der Waals surface area contributed by atoms with E-state index in [1.807, 2.05) is 11.3 Å². The van der Waals surface area contributed by atoms with Crippen LogP contribution < -0.4 is 9.80 Å². The summed E-state index contributed by atoms with van der Waals surface area (Å²) in [7, 11) is 0. The van der Waals surface area contributed by atoms with Crippen molar-refractivity contribution < 1.29 is 0 Å². The van der Waals surface area contributed by atoms with Crippen LogP contribution in [-0.4, -0.2) is 4.40 Å². The topological polar surface area (TPSA) is 10.9 Å². The van der Waals surface area contributed by atoms with Gasteiger partial charge in [0.25, 0.3) is 0 Å². The van der Waals surface area contributed by atoms with E-state index in [-0.39, 0.29) is 10.8 Å². The standard InChI is InChI=1S/C72H69N3S/c1-71(2,3)52-24-32-56(33-25-52)73(54-28-20-48(21-29-54)46-14-9-7-10-15-46)58-36-38-60-62-18-13-19-63-64-40-50-41-65-61-39-37-59(45-69(61)76-68(65)43-51(50)42-66(64)75(70(62)63)67(60)44-58)74(57-34-26-53(27-35-57)72(4,5)6)55-30-22-49(23-31-55)47-16-11-8-12-17-47/h13,18-47H,7-12,14-17H2,1-6H3. The molecule has 2 aliphatic rings. The van der Waals surface area contributed by atoms with Crippen molar-refractivity contribution in [2.24, 2.45) is 0 Å². The third kappa shape index (κ3) is 8.13. The predicted molar refractivity (Wildman–Crippen MR) is 330 cm³/mol. The summed E-state index contributed by atoms with van der Waals surface area (Å²) in [6, 6.07) is 68.7. The van der Waals surface area contributed by atoms with Gasteiger partial charge in [0.2, 0.25) is 0 Å². The molecule has 2 fully saturated rings. The first-order valence-electron chi connectivity index (χ1n) is 28.4. The first kappa shape index (κ1) is 47.3. The van der Waals surface area contributed by atoms with Gasteiger partial charge in [-0.1, -0.05) is 159 Å². The molecule has 0 spiro atoms. The Morgan fingerprint density at radius 3 is 1.32 bits per heavy atom. The molecule has 4 heteroatoms. The second kappa shape index (κ2) is 18.3.